The van der Waals surface area contributed by atoms with Crippen LogP contribution in [0.5, 0.6) is 0 Å². The summed E-state index contributed by atoms with van der Waals surface area (Å²) in [5.41, 5.74) is 0.648. The van der Waals surface area contributed by atoms with Gasteiger partial charge in [0.05, 0.1) is 11.8 Å². The SMILES string of the molecule is O=C1CCN(c2cn3cc(C(=O)O)ccc3n2)C(=O)N1. The zero-order valence-corrected chi connectivity index (χ0v) is 10.2. The molecule has 1 aliphatic heterocycles. The molecule has 1 fully saturated rings. The van der Waals surface area contributed by atoms with Gasteiger partial charge in [0.15, 0.2) is 5.82 Å². The lowest BCUT2D eigenvalue weighted by molar-refractivity contribution is -0.120. The maximum atomic E-state index is 11.7. The molecule has 0 aromatic carbocycles. The molecule has 8 heteroatoms. The summed E-state index contributed by atoms with van der Waals surface area (Å²) < 4.78 is 1.53. The van der Waals surface area contributed by atoms with Crippen LogP contribution < -0.4 is 10.2 Å². The second-order valence-corrected chi connectivity index (χ2v) is 4.34. The van der Waals surface area contributed by atoms with Crippen LogP contribution in [0.15, 0.2) is 24.5 Å². The number of urea groups is 1. The Bertz CT molecular complexity index is 736. The Morgan fingerprint density at radius 2 is 2.10 bits per heavy atom. The fourth-order valence-corrected chi connectivity index (χ4v) is 2.02. The number of hydrogen-bond donors (Lipinski definition) is 2. The molecule has 0 spiro atoms. The fourth-order valence-electron chi connectivity index (χ4n) is 2.02. The Kier molecular flexibility index (Phi) is 2.63. The molecule has 3 amide bonds. The largest absolute Gasteiger partial charge is 0.478 e. The number of amides is 3. The van der Waals surface area contributed by atoms with E-state index in [9.17, 15) is 14.4 Å². The van der Waals surface area contributed by atoms with Crippen LogP contribution in [-0.4, -0.2) is 38.9 Å². The molecule has 2 aromatic rings. The van der Waals surface area contributed by atoms with E-state index in [4.69, 9.17) is 5.11 Å². The molecule has 0 bridgehead atoms. The first-order valence-corrected chi connectivity index (χ1v) is 5.88. The Hall–Kier alpha value is -2.90. The summed E-state index contributed by atoms with van der Waals surface area (Å²) in [6.45, 7) is 0.250. The van der Waals surface area contributed by atoms with E-state index >= 15 is 0 Å². The molecule has 102 valence electrons. The molecule has 8 nitrogen and oxygen atoms in total. The zero-order valence-electron chi connectivity index (χ0n) is 10.2. The summed E-state index contributed by atoms with van der Waals surface area (Å²) in [4.78, 5) is 39.3. The van der Waals surface area contributed by atoms with E-state index in [1.165, 1.54) is 21.6 Å². The smallest absolute Gasteiger partial charge is 0.337 e. The minimum absolute atomic E-state index is 0.125. The molecule has 0 radical (unpaired) electrons. The Morgan fingerprint density at radius 1 is 1.30 bits per heavy atom. The Labute approximate surface area is 112 Å². The van der Waals surface area contributed by atoms with Crippen molar-refractivity contribution in [3.8, 4) is 0 Å². The Morgan fingerprint density at radius 3 is 2.80 bits per heavy atom. The van der Waals surface area contributed by atoms with Crippen molar-refractivity contribution in [3.63, 3.8) is 0 Å². The average molecular weight is 274 g/mol. The predicted molar refractivity (Wildman–Crippen MR) is 67.7 cm³/mol. The third-order valence-corrected chi connectivity index (χ3v) is 3.02. The summed E-state index contributed by atoms with van der Waals surface area (Å²) in [6.07, 6.45) is 3.18. The minimum atomic E-state index is -1.04. The highest BCUT2D eigenvalue weighted by Gasteiger charge is 2.26. The monoisotopic (exact) mass is 274 g/mol. The Balaban J connectivity index is 1.98. The van der Waals surface area contributed by atoms with E-state index in [0.29, 0.717) is 11.5 Å². The van der Waals surface area contributed by atoms with Crippen LogP contribution >= 0.6 is 0 Å². The van der Waals surface area contributed by atoms with Crippen LogP contribution in [0.2, 0.25) is 0 Å². The number of anilines is 1. The quantitative estimate of drug-likeness (QED) is 0.828. The van der Waals surface area contributed by atoms with E-state index in [1.807, 2.05) is 0 Å². The van der Waals surface area contributed by atoms with Crippen LogP contribution in [0.3, 0.4) is 0 Å². The van der Waals surface area contributed by atoms with Gasteiger partial charge in [-0.1, -0.05) is 0 Å². The summed E-state index contributed by atoms with van der Waals surface area (Å²) in [5.74, 6) is -0.982. The fraction of sp³-hybridized carbons (Fsp3) is 0.167. The minimum Gasteiger partial charge on any atom is -0.478 e. The zero-order chi connectivity index (χ0) is 14.3. The number of fused-ring (bicyclic) bond motifs is 1. The number of pyridine rings is 1. The molecular weight excluding hydrogens is 264 g/mol. The van der Waals surface area contributed by atoms with Crippen molar-refractivity contribution >= 4 is 29.4 Å². The highest BCUT2D eigenvalue weighted by atomic mass is 16.4. The molecule has 0 aliphatic carbocycles. The van der Waals surface area contributed by atoms with E-state index in [2.05, 4.69) is 10.3 Å². The summed E-state index contributed by atoms with van der Waals surface area (Å²) in [7, 11) is 0. The number of aromatic nitrogens is 2. The molecule has 0 atom stereocenters. The number of hydrogen-bond acceptors (Lipinski definition) is 4. The number of carbonyl (C=O) groups excluding carboxylic acids is 2. The van der Waals surface area contributed by atoms with E-state index in [1.54, 1.807) is 12.3 Å². The molecule has 1 saturated heterocycles. The third kappa shape index (κ3) is 1.96. The van der Waals surface area contributed by atoms with Crippen molar-refractivity contribution < 1.29 is 19.5 Å². The van der Waals surface area contributed by atoms with Gasteiger partial charge < -0.3 is 9.51 Å². The normalized spacial score (nSPS) is 15.5. The van der Waals surface area contributed by atoms with Crippen molar-refractivity contribution in [1.29, 1.82) is 0 Å². The number of imide groups is 1. The standard InChI is InChI=1S/C12H10N4O4/c17-10-3-4-16(12(20)14-10)9-6-15-5-7(11(18)19)1-2-8(15)13-9/h1-2,5-6H,3-4H2,(H,18,19)(H,14,17,20). The van der Waals surface area contributed by atoms with Gasteiger partial charge in [-0.05, 0) is 12.1 Å². The van der Waals surface area contributed by atoms with Gasteiger partial charge >= 0.3 is 12.0 Å². The van der Waals surface area contributed by atoms with Crippen LogP contribution in [0, 0.1) is 0 Å². The van der Waals surface area contributed by atoms with Crippen molar-refractivity contribution in [1.82, 2.24) is 14.7 Å². The number of nitrogens with one attached hydrogen (secondary N) is 1. The number of carboxylic acid groups (broad SMARTS) is 1. The molecule has 3 heterocycles. The lowest BCUT2D eigenvalue weighted by Crippen LogP contribution is -2.49. The summed E-state index contributed by atoms with van der Waals surface area (Å²) in [6, 6.07) is 2.47. The first kappa shape index (κ1) is 12.2. The van der Waals surface area contributed by atoms with Crippen LogP contribution in [0.1, 0.15) is 16.8 Å². The molecule has 0 saturated carbocycles. The molecule has 2 aromatic heterocycles. The number of carbonyl (C=O) groups is 3. The summed E-state index contributed by atoms with van der Waals surface area (Å²) in [5, 5.41) is 11.1. The molecule has 1 aliphatic rings. The maximum absolute atomic E-state index is 11.7. The van der Waals surface area contributed by atoms with Gasteiger partial charge in [-0.2, -0.15) is 0 Å². The van der Waals surface area contributed by atoms with Gasteiger partial charge in [0.1, 0.15) is 5.65 Å². The van der Waals surface area contributed by atoms with Gasteiger partial charge in [-0.3, -0.25) is 15.0 Å². The van der Waals surface area contributed by atoms with Gasteiger partial charge in [-0.25, -0.2) is 14.6 Å². The van der Waals surface area contributed by atoms with Crippen molar-refractivity contribution in [3.05, 3.63) is 30.1 Å². The number of nitrogens with zero attached hydrogens (tertiary/aromatic N) is 3. The van der Waals surface area contributed by atoms with Gasteiger partial charge in [0, 0.05) is 19.2 Å². The van der Waals surface area contributed by atoms with Crippen LogP contribution in [0.4, 0.5) is 10.6 Å². The van der Waals surface area contributed by atoms with Crippen LogP contribution in [-0.2, 0) is 4.79 Å². The predicted octanol–water partition coefficient (Wildman–Crippen LogP) is 0.479. The summed E-state index contributed by atoms with van der Waals surface area (Å²) >= 11 is 0. The van der Waals surface area contributed by atoms with Crippen molar-refractivity contribution in [2.75, 3.05) is 11.4 Å². The van der Waals surface area contributed by atoms with Gasteiger partial charge in [-0.15, -0.1) is 0 Å². The lowest BCUT2D eigenvalue weighted by Gasteiger charge is -2.24. The number of imidazole rings is 1. The van der Waals surface area contributed by atoms with E-state index in [-0.39, 0.29) is 24.4 Å². The molecule has 2 N–H and O–H groups in total. The van der Waals surface area contributed by atoms with Crippen molar-refractivity contribution in [2.45, 2.75) is 6.42 Å². The molecule has 0 unspecified atom stereocenters. The topological polar surface area (TPSA) is 104 Å². The van der Waals surface area contributed by atoms with E-state index < -0.39 is 12.0 Å². The van der Waals surface area contributed by atoms with Gasteiger partial charge in [0.25, 0.3) is 0 Å². The highest BCUT2D eigenvalue weighted by molar-refractivity contribution is 6.05. The number of rotatable bonds is 2. The average Bonchev–Trinajstić information content (AvgIpc) is 2.80. The molecule has 20 heavy (non-hydrogen) atoms. The number of aromatic carboxylic acids is 1. The van der Waals surface area contributed by atoms with Crippen molar-refractivity contribution in [2.24, 2.45) is 0 Å². The first-order chi connectivity index (χ1) is 9.54. The third-order valence-electron chi connectivity index (χ3n) is 3.02. The number of carboxylic acids is 1. The second kappa shape index (κ2) is 4.34. The van der Waals surface area contributed by atoms with E-state index in [0.717, 1.165) is 0 Å². The second-order valence-electron chi connectivity index (χ2n) is 4.34. The van der Waals surface area contributed by atoms with Crippen LogP contribution in [0.25, 0.3) is 5.65 Å². The lowest BCUT2D eigenvalue weighted by atomic mass is 10.3. The highest BCUT2D eigenvalue weighted by Crippen LogP contribution is 2.17. The molecule has 3 rings (SSSR count). The maximum Gasteiger partial charge on any atom is 0.337 e. The van der Waals surface area contributed by atoms with Gasteiger partial charge in [0.2, 0.25) is 5.91 Å². The molecular formula is C12H10N4O4. The first-order valence-electron chi connectivity index (χ1n) is 5.88.